The minimum Gasteiger partial charge on any atom is -0.465 e. The van der Waals surface area contributed by atoms with Crippen molar-refractivity contribution in [2.24, 2.45) is 5.92 Å². The van der Waals surface area contributed by atoms with Crippen LogP contribution in [0.25, 0.3) is 0 Å². The summed E-state index contributed by atoms with van der Waals surface area (Å²) in [5.41, 5.74) is 0. The first-order chi connectivity index (χ1) is 7.19. The van der Waals surface area contributed by atoms with Crippen LogP contribution in [0, 0.1) is 5.92 Å². The minimum atomic E-state index is -0.211. The highest BCUT2D eigenvalue weighted by molar-refractivity contribution is 8.03. The molecule has 0 aromatic rings. The molecule has 15 heavy (non-hydrogen) atoms. The molecule has 0 saturated carbocycles. The van der Waals surface area contributed by atoms with Crippen molar-refractivity contribution in [2.45, 2.75) is 39.5 Å². The summed E-state index contributed by atoms with van der Waals surface area (Å²) in [7, 11) is 1.43. The number of hydrogen-bond donors (Lipinski definition) is 0. The van der Waals surface area contributed by atoms with Crippen LogP contribution in [0.2, 0.25) is 0 Å². The smallest absolute Gasteiger partial charge is 0.343 e. The van der Waals surface area contributed by atoms with Gasteiger partial charge in [0.05, 0.1) is 12.0 Å². The normalized spacial score (nSPS) is 13.7. The van der Waals surface area contributed by atoms with E-state index in [4.69, 9.17) is 4.74 Å². The van der Waals surface area contributed by atoms with Crippen molar-refractivity contribution in [3.63, 3.8) is 0 Å². The first kappa shape index (κ1) is 14.6. The summed E-state index contributed by atoms with van der Waals surface area (Å²) in [6.45, 7) is 4.35. The molecule has 0 aliphatic rings. The van der Waals surface area contributed by atoms with Crippen molar-refractivity contribution < 1.29 is 9.53 Å². The third-order valence-corrected chi connectivity index (χ3v) is 3.19. The van der Waals surface area contributed by atoms with E-state index in [9.17, 15) is 4.79 Å². The summed E-state index contributed by atoms with van der Waals surface area (Å²) in [4.78, 5) is 12.1. The van der Waals surface area contributed by atoms with Crippen LogP contribution in [0.3, 0.4) is 0 Å². The molecular weight excluding hydrogens is 208 g/mol. The molecule has 0 bridgehead atoms. The number of esters is 1. The molecule has 0 rings (SSSR count). The number of methoxy groups -OCH3 is 1. The van der Waals surface area contributed by atoms with E-state index in [-0.39, 0.29) is 5.97 Å². The van der Waals surface area contributed by atoms with Gasteiger partial charge in [0.2, 0.25) is 0 Å². The SMILES string of the molecule is CCCCC(/C=C(\SC)C(=O)OC)CC. The lowest BCUT2D eigenvalue weighted by Crippen LogP contribution is -2.05. The lowest BCUT2D eigenvalue weighted by atomic mass is 9.99. The molecule has 1 unspecified atom stereocenters. The quantitative estimate of drug-likeness (QED) is 0.493. The van der Waals surface area contributed by atoms with Crippen LogP contribution in [0.5, 0.6) is 0 Å². The second-order valence-corrected chi connectivity index (χ2v) is 4.39. The standard InChI is InChI=1S/C12H22O2S/c1-5-7-8-10(6-2)9-11(15-4)12(13)14-3/h9-10H,5-8H2,1-4H3/b11-9-. The molecule has 3 heteroatoms. The molecule has 1 atom stereocenters. The molecule has 0 aromatic heterocycles. The van der Waals surface area contributed by atoms with Crippen LogP contribution < -0.4 is 0 Å². The molecule has 0 aliphatic heterocycles. The van der Waals surface area contributed by atoms with Crippen LogP contribution in [-0.4, -0.2) is 19.3 Å². The summed E-state index contributed by atoms with van der Waals surface area (Å²) in [5, 5.41) is 0. The predicted octanol–water partition coefficient (Wildman–Crippen LogP) is 3.62. The van der Waals surface area contributed by atoms with E-state index < -0.39 is 0 Å². The summed E-state index contributed by atoms with van der Waals surface area (Å²) in [6.07, 6.45) is 8.64. The van der Waals surface area contributed by atoms with E-state index in [0.29, 0.717) is 5.92 Å². The zero-order valence-corrected chi connectivity index (χ0v) is 11.0. The van der Waals surface area contributed by atoms with Gasteiger partial charge in [0.1, 0.15) is 0 Å². The molecule has 2 nitrogen and oxygen atoms in total. The molecule has 0 fully saturated rings. The van der Waals surface area contributed by atoms with Crippen LogP contribution in [0.1, 0.15) is 39.5 Å². The third-order valence-electron chi connectivity index (χ3n) is 2.45. The van der Waals surface area contributed by atoms with Crippen molar-refractivity contribution in [3.8, 4) is 0 Å². The number of allylic oxidation sites excluding steroid dienone is 1. The number of unbranched alkanes of at least 4 members (excludes halogenated alkanes) is 1. The van der Waals surface area contributed by atoms with Crippen molar-refractivity contribution in [1.82, 2.24) is 0 Å². The highest BCUT2D eigenvalue weighted by Gasteiger charge is 2.11. The Morgan fingerprint density at radius 3 is 2.53 bits per heavy atom. The van der Waals surface area contributed by atoms with Crippen molar-refractivity contribution in [3.05, 3.63) is 11.0 Å². The van der Waals surface area contributed by atoms with Gasteiger partial charge < -0.3 is 4.74 Å². The van der Waals surface area contributed by atoms with Gasteiger partial charge in [0.15, 0.2) is 0 Å². The van der Waals surface area contributed by atoms with Gasteiger partial charge >= 0.3 is 5.97 Å². The van der Waals surface area contributed by atoms with E-state index in [2.05, 4.69) is 19.9 Å². The Labute approximate surface area is 97.5 Å². The van der Waals surface area contributed by atoms with E-state index >= 15 is 0 Å². The molecule has 88 valence electrons. The third kappa shape index (κ3) is 5.88. The average Bonchev–Trinajstić information content (AvgIpc) is 2.28. The molecule has 0 amide bonds. The monoisotopic (exact) mass is 230 g/mol. The lowest BCUT2D eigenvalue weighted by Gasteiger charge is -2.11. The van der Waals surface area contributed by atoms with Crippen LogP contribution in [-0.2, 0) is 9.53 Å². The van der Waals surface area contributed by atoms with E-state index in [1.807, 2.05) is 6.26 Å². The summed E-state index contributed by atoms with van der Waals surface area (Å²) < 4.78 is 4.73. The maximum atomic E-state index is 11.4. The molecule has 0 N–H and O–H groups in total. The molecule has 0 spiro atoms. The van der Waals surface area contributed by atoms with Gasteiger partial charge in [-0.15, -0.1) is 11.8 Å². The van der Waals surface area contributed by atoms with Gasteiger partial charge in [-0.25, -0.2) is 4.79 Å². The zero-order chi connectivity index (χ0) is 11.7. The van der Waals surface area contributed by atoms with Crippen molar-refractivity contribution in [1.29, 1.82) is 0 Å². The molecular formula is C12H22O2S. The average molecular weight is 230 g/mol. The van der Waals surface area contributed by atoms with Gasteiger partial charge in [-0.3, -0.25) is 0 Å². The highest BCUT2D eigenvalue weighted by atomic mass is 32.2. The molecule has 0 heterocycles. The maximum absolute atomic E-state index is 11.4. The molecule has 0 aromatic carbocycles. The maximum Gasteiger partial charge on any atom is 0.343 e. The summed E-state index contributed by atoms with van der Waals surface area (Å²) in [5.74, 6) is 0.295. The minimum absolute atomic E-state index is 0.211. The largest absolute Gasteiger partial charge is 0.465 e. The Hall–Kier alpha value is -0.440. The van der Waals surface area contributed by atoms with Crippen LogP contribution in [0.4, 0.5) is 0 Å². The van der Waals surface area contributed by atoms with Gasteiger partial charge in [-0.05, 0) is 25.0 Å². The number of ether oxygens (including phenoxy) is 1. The van der Waals surface area contributed by atoms with Gasteiger partial charge in [0, 0.05) is 0 Å². The highest BCUT2D eigenvalue weighted by Crippen LogP contribution is 2.21. The Morgan fingerprint density at radius 2 is 2.13 bits per heavy atom. The zero-order valence-electron chi connectivity index (χ0n) is 10.2. The summed E-state index contributed by atoms with van der Waals surface area (Å²) in [6, 6.07) is 0. The lowest BCUT2D eigenvalue weighted by molar-refractivity contribution is -0.135. The topological polar surface area (TPSA) is 26.3 Å². The fraction of sp³-hybridized carbons (Fsp3) is 0.750. The number of hydrogen-bond acceptors (Lipinski definition) is 3. The molecule has 0 aliphatic carbocycles. The van der Waals surface area contributed by atoms with Gasteiger partial charge in [-0.1, -0.05) is 32.8 Å². The summed E-state index contributed by atoms with van der Waals surface area (Å²) >= 11 is 1.47. The second kappa shape index (κ2) is 8.84. The Morgan fingerprint density at radius 1 is 1.47 bits per heavy atom. The van der Waals surface area contributed by atoms with E-state index in [1.54, 1.807) is 0 Å². The number of carbonyl (C=O) groups excluding carboxylic acids is 1. The van der Waals surface area contributed by atoms with Crippen LogP contribution in [0.15, 0.2) is 11.0 Å². The van der Waals surface area contributed by atoms with Crippen molar-refractivity contribution >= 4 is 17.7 Å². The van der Waals surface area contributed by atoms with E-state index in [0.717, 1.165) is 17.7 Å². The first-order valence-electron chi connectivity index (χ1n) is 5.53. The number of rotatable bonds is 7. The van der Waals surface area contributed by atoms with Crippen LogP contribution >= 0.6 is 11.8 Å². The molecule has 0 radical (unpaired) electrons. The second-order valence-electron chi connectivity index (χ2n) is 3.54. The number of thioether (sulfide) groups is 1. The molecule has 0 saturated heterocycles. The predicted molar refractivity (Wildman–Crippen MR) is 66.9 cm³/mol. The fourth-order valence-electron chi connectivity index (χ4n) is 1.41. The van der Waals surface area contributed by atoms with Crippen molar-refractivity contribution in [2.75, 3.05) is 13.4 Å². The fourth-order valence-corrected chi connectivity index (χ4v) is 1.98. The Balaban J connectivity index is 4.40. The Kier molecular flexibility index (Phi) is 8.58. The van der Waals surface area contributed by atoms with Gasteiger partial charge in [0.25, 0.3) is 0 Å². The Bertz CT molecular complexity index is 212. The number of carbonyl (C=O) groups is 1. The van der Waals surface area contributed by atoms with Gasteiger partial charge in [-0.2, -0.15) is 0 Å². The van der Waals surface area contributed by atoms with E-state index in [1.165, 1.54) is 31.7 Å². The first-order valence-corrected chi connectivity index (χ1v) is 6.76.